The lowest BCUT2D eigenvalue weighted by Gasteiger charge is -2.22. The molecule has 4 heteroatoms. The Hall–Kier alpha value is -2.62. The predicted octanol–water partition coefficient (Wildman–Crippen LogP) is 3.35. The van der Waals surface area contributed by atoms with Gasteiger partial charge in [0.05, 0.1) is 12.6 Å². The summed E-state index contributed by atoms with van der Waals surface area (Å²) in [7, 11) is 0. The maximum atomic E-state index is 12.3. The zero-order valence-corrected chi connectivity index (χ0v) is 14.9. The molecule has 2 aromatic rings. The average Bonchev–Trinajstić information content (AvgIpc) is 2.62. The van der Waals surface area contributed by atoms with Crippen LogP contribution >= 0.6 is 0 Å². The summed E-state index contributed by atoms with van der Waals surface area (Å²) < 4.78 is 0. The molecule has 4 nitrogen and oxygen atoms in total. The molecule has 0 aliphatic rings. The topological polar surface area (TPSA) is 49.4 Å². The number of benzene rings is 2. The molecule has 0 aliphatic carbocycles. The van der Waals surface area contributed by atoms with E-state index >= 15 is 0 Å². The lowest BCUT2D eigenvalue weighted by atomic mass is 10.1. The van der Waals surface area contributed by atoms with Crippen molar-refractivity contribution < 1.29 is 9.59 Å². The Morgan fingerprint density at radius 2 is 1.60 bits per heavy atom. The molecule has 0 saturated carbocycles. The van der Waals surface area contributed by atoms with Gasteiger partial charge >= 0.3 is 0 Å². The van der Waals surface area contributed by atoms with Crippen LogP contribution in [0.15, 0.2) is 60.7 Å². The lowest BCUT2D eigenvalue weighted by molar-refractivity contribution is -0.134. The highest BCUT2D eigenvalue weighted by Crippen LogP contribution is 2.11. The summed E-state index contributed by atoms with van der Waals surface area (Å²) in [6, 6.07) is 19.9. The van der Waals surface area contributed by atoms with Crippen molar-refractivity contribution >= 4 is 11.8 Å². The summed E-state index contributed by atoms with van der Waals surface area (Å²) in [5.41, 5.74) is 2.29. The van der Waals surface area contributed by atoms with E-state index in [1.54, 1.807) is 4.90 Å². The highest BCUT2D eigenvalue weighted by atomic mass is 16.2. The van der Waals surface area contributed by atoms with Crippen LogP contribution in [0.3, 0.4) is 0 Å². The van der Waals surface area contributed by atoms with Gasteiger partial charge in [0, 0.05) is 13.5 Å². The van der Waals surface area contributed by atoms with E-state index in [4.69, 9.17) is 0 Å². The quantitative estimate of drug-likeness (QED) is 0.802. The van der Waals surface area contributed by atoms with E-state index in [0.29, 0.717) is 6.54 Å². The molecule has 2 amide bonds. The molecule has 0 bridgehead atoms. The maximum absolute atomic E-state index is 12.3. The smallest absolute Gasteiger partial charge is 0.240 e. The van der Waals surface area contributed by atoms with Crippen molar-refractivity contribution in [1.29, 1.82) is 0 Å². The first-order chi connectivity index (χ1) is 12.1. The number of carbonyl (C=O) groups is 2. The van der Waals surface area contributed by atoms with Crippen molar-refractivity contribution in [2.75, 3.05) is 13.1 Å². The molecule has 0 saturated heterocycles. The van der Waals surface area contributed by atoms with E-state index < -0.39 is 0 Å². The lowest BCUT2D eigenvalue weighted by Crippen LogP contribution is -2.41. The molecule has 2 rings (SSSR count). The summed E-state index contributed by atoms with van der Waals surface area (Å²) in [5.74, 6) is -0.207. The fraction of sp³-hybridized carbons (Fsp3) is 0.333. The van der Waals surface area contributed by atoms with Crippen molar-refractivity contribution in [3.8, 4) is 0 Å². The van der Waals surface area contributed by atoms with Crippen LogP contribution in [0.5, 0.6) is 0 Å². The fourth-order valence-corrected chi connectivity index (χ4v) is 2.75. The first kappa shape index (κ1) is 18.7. The van der Waals surface area contributed by atoms with E-state index in [1.165, 1.54) is 12.5 Å². The van der Waals surface area contributed by atoms with E-state index in [0.717, 1.165) is 18.4 Å². The van der Waals surface area contributed by atoms with Gasteiger partial charge < -0.3 is 10.2 Å². The third-order valence-electron chi connectivity index (χ3n) is 4.19. The molecule has 0 radical (unpaired) electrons. The van der Waals surface area contributed by atoms with Gasteiger partial charge in [0.2, 0.25) is 11.8 Å². The van der Waals surface area contributed by atoms with Gasteiger partial charge in [-0.15, -0.1) is 0 Å². The molecule has 1 N–H and O–H groups in total. The number of hydrogen-bond donors (Lipinski definition) is 1. The molecule has 0 fully saturated rings. The fourth-order valence-electron chi connectivity index (χ4n) is 2.75. The molecule has 0 aromatic heterocycles. The van der Waals surface area contributed by atoms with Crippen LogP contribution in [0.25, 0.3) is 0 Å². The van der Waals surface area contributed by atoms with Gasteiger partial charge in [0.15, 0.2) is 0 Å². The van der Waals surface area contributed by atoms with Crippen LogP contribution in [-0.4, -0.2) is 29.8 Å². The van der Waals surface area contributed by atoms with Crippen molar-refractivity contribution in [1.82, 2.24) is 10.2 Å². The SMILES string of the molecule is CC(=O)N(CCCc1ccccc1)CC(=O)NC(C)c1ccccc1. The van der Waals surface area contributed by atoms with Crippen LogP contribution in [0, 0.1) is 0 Å². The Morgan fingerprint density at radius 3 is 2.20 bits per heavy atom. The molecule has 2 aromatic carbocycles. The number of rotatable bonds is 8. The van der Waals surface area contributed by atoms with Crippen molar-refractivity contribution in [3.05, 3.63) is 71.8 Å². The molecule has 0 heterocycles. The summed E-state index contributed by atoms with van der Waals surface area (Å²) in [6.07, 6.45) is 1.73. The first-order valence-electron chi connectivity index (χ1n) is 8.70. The van der Waals surface area contributed by atoms with Gasteiger partial charge in [-0.3, -0.25) is 9.59 Å². The first-order valence-corrected chi connectivity index (χ1v) is 8.70. The predicted molar refractivity (Wildman–Crippen MR) is 100 cm³/mol. The van der Waals surface area contributed by atoms with Gasteiger partial charge in [-0.25, -0.2) is 0 Å². The molecular weight excluding hydrogens is 312 g/mol. The van der Waals surface area contributed by atoms with E-state index in [2.05, 4.69) is 17.4 Å². The molecule has 132 valence electrons. The van der Waals surface area contributed by atoms with Gasteiger partial charge in [-0.2, -0.15) is 0 Å². The molecule has 25 heavy (non-hydrogen) atoms. The van der Waals surface area contributed by atoms with E-state index in [1.807, 2.05) is 55.5 Å². The maximum Gasteiger partial charge on any atom is 0.240 e. The van der Waals surface area contributed by atoms with Crippen molar-refractivity contribution in [2.45, 2.75) is 32.7 Å². The Balaban J connectivity index is 1.81. The number of carbonyl (C=O) groups excluding carboxylic acids is 2. The average molecular weight is 338 g/mol. The van der Waals surface area contributed by atoms with Gasteiger partial charge in [0.1, 0.15) is 0 Å². The van der Waals surface area contributed by atoms with Gasteiger partial charge in [-0.1, -0.05) is 60.7 Å². The normalized spacial score (nSPS) is 11.6. The second kappa shape index (κ2) is 9.62. The summed E-state index contributed by atoms with van der Waals surface area (Å²) >= 11 is 0. The highest BCUT2D eigenvalue weighted by Gasteiger charge is 2.15. The van der Waals surface area contributed by atoms with Crippen LogP contribution in [0.2, 0.25) is 0 Å². The minimum absolute atomic E-state index is 0.0735. The van der Waals surface area contributed by atoms with E-state index in [-0.39, 0.29) is 24.4 Å². The molecular formula is C21H26N2O2. The van der Waals surface area contributed by atoms with Crippen LogP contribution in [0.1, 0.15) is 37.4 Å². The zero-order chi connectivity index (χ0) is 18.1. The summed E-state index contributed by atoms with van der Waals surface area (Å²) in [6.45, 7) is 4.13. The Labute approximate surface area is 149 Å². The second-order valence-corrected chi connectivity index (χ2v) is 6.23. The summed E-state index contributed by atoms with van der Waals surface area (Å²) in [5, 5.41) is 2.96. The minimum atomic E-state index is -0.133. The standard InChI is InChI=1S/C21H26N2O2/c1-17(20-13-7-4-8-14-20)22-21(25)16-23(18(2)24)15-9-12-19-10-5-3-6-11-19/h3-8,10-11,13-14,17H,9,12,15-16H2,1-2H3,(H,22,25). The Bertz CT molecular complexity index is 671. The summed E-state index contributed by atoms with van der Waals surface area (Å²) in [4.78, 5) is 25.7. The third-order valence-corrected chi connectivity index (χ3v) is 4.19. The number of nitrogens with one attached hydrogen (secondary N) is 1. The van der Waals surface area contributed by atoms with Crippen LogP contribution in [-0.2, 0) is 16.0 Å². The molecule has 0 spiro atoms. The van der Waals surface area contributed by atoms with Crippen LogP contribution in [0.4, 0.5) is 0 Å². The minimum Gasteiger partial charge on any atom is -0.348 e. The van der Waals surface area contributed by atoms with Crippen molar-refractivity contribution in [2.24, 2.45) is 0 Å². The second-order valence-electron chi connectivity index (χ2n) is 6.23. The molecule has 1 atom stereocenters. The largest absolute Gasteiger partial charge is 0.348 e. The van der Waals surface area contributed by atoms with Crippen LogP contribution < -0.4 is 5.32 Å². The number of nitrogens with zero attached hydrogens (tertiary/aromatic N) is 1. The Morgan fingerprint density at radius 1 is 1.00 bits per heavy atom. The monoisotopic (exact) mass is 338 g/mol. The zero-order valence-electron chi connectivity index (χ0n) is 14.9. The molecule has 0 aliphatic heterocycles. The highest BCUT2D eigenvalue weighted by molar-refractivity contribution is 5.84. The van der Waals surface area contributed by atoms with E-state index in [9.17, 15) is 9.59 Å². The van der Waals surface area contributed by atoms with Crippen molar-refractivity contribution in [3.63, 3.8) is 0 Å². The number of aryl methyl sites for hydroxylation is 1. The third kappa shape index (κ3) is 6.42. The van der Waals surface area contributed by atoms with Gasteiger partial charge in [0.25, 0.3) is 0 Å². The Kier molecular flexibility index (Phi) is 7.20. The number of hydrogen-bond acceptors (Lipinski definition) is 2. The van der Waals surface area contributed by atoms with Gasteiger partial charge in [-0.05, 0) is 30.9 Å². The number of amides is 2. The molecule has 1 unspecified atom stereocenters.